The summed E-state index contributed by atoms with van der Waals surface area (Å²) in [5.41, 5.74) is 3.19. The van der Waals surface area contributed by atoms with Crippen molar-refractivity contribution < 1.29 is 0 Å². The summed E-state index contributed by atoms with van der Waals surface area (Å²) in [5, 5.41) is 5.94. The molecule has 0 saturated heterocycles. The van der Waals surface area contributed by atoms with Gasteiger partial charge in [0.2, 0.25) is 0 Å². The smallest absolute Gasteiger partial charge is 0.0530 e. The average Bonchev–Trinajstić information content (AvgIpc) is 3.89. The van der Waals surface area contributed by atoms with Crippen LogP contribution in [0.2, 0.25) is 0 Å². The van der Waals surface area contributed by atoms with Gasteiger partial charge in [0.15, 0.2) is 0 Å². The van der Waals surface area contributed by atoms with E-state index in [4.69, 9.17) is 0 Å². The van der Waals surface area contributed by atoms with Crippen molar-refractivity contribution in [2.45, 2.75) is 169 Å². The molecule has 2 aromatic carbocycles. The summed E-state index contributed by atoms with van der Waals surface area (Å²) < 4.78 is 2.90. The lowest BCUT2D eigenvalue weighted by atomic mass is 10.0. The van der Waals surface area contributed by atoms with Crippen LogP contribution in [0.1, 0.15) is 163 Å². The zero-order valence-corrected chi connectivity index (χ0v) is 34.9. The predicted molar refractivity (Wildman–Crippen MR) is 233 cm³/mol. The zero-order valence-electron chi connectivity index (χ0n) is 31.7. The fourth-order valence-electron chi connectivity index (χ4n) is 8.06. The van der Waals surface area contributed by atoms with E-state index < -0.39 is 0 Å². The molecule has 0 bridgehead atoms. The van der Waals surface area contributed by atoms with E-state index in [2.05, 4.69) is 75.4 Å². The molecule has 0 aliphatic carbocycles. The topological polar surface area (TPSA) is 0 Å². The van der Waals surface area contributed by atoms with Crippen molar-refractivity contribution in [3.63, 3.8) is 0 Å². The van der Waals surface area contributed by atoms with Gasteiger partial charge in [-0.15, -0.1) is 45.3 Å². The molecule has 6 aromatic rings. The van der Waals surface area contributed by atoms with Crippen LogP contribution in [0.3, 0.4) is 0 Å². The Morgan fingerprint density at radius 2 is 0.860 bits per heavy atom. The Kier molecular flexibility index (Phi) is 14.7. The van der Waals surface area contributed by atoms with E-state index >= 15 is 0 Å². The molecule has 4 aromatic heterocycles. The standard InChI is InChI=1S/C46H62S4/c1-5-7-9-11-13-15-17-19-21-23-25-35-31-41(47-33(35)3)42-32-36(26-24-22-20-18-16-14-12-10-8-6-2)45(50-42)46-38-28-30-39-43-37(34(4)48-39)27-29-40(49-46)44(38)43/h27-32H,5-26H2,1-4H3. The Bertz CT molecular complexity index is 1870. The molecular formula is C46H62S4. The van der Waals surface area contributed by atoms with E-state index in [1.807, 2.05) is 34.0 Å². The number of aryl methyl sites for hydroxylation is 4. The molecule has 0 aliphatic rings. The highest BCUT2D eigenvalue weighted by Gasteiger charge is 2.22. The summed E-state index contributed by atoms with van der Waals surface area (Å²) in [6, 6.07) is 14.8. The molecule has 0 spiro atoms. The van der Waals surface area contributed by atoms with Crippen LogP contribution in [0, 0.1) is 13.8 Å². The molecule has 0 unspecified atom stereocenters. The monoisotopic (exact) mass is 742 g/mol. The molecule has 0 N–H and O–H groups in total. The van der Waals surface area contributed by atoms with Crippen LogP contribution in [0.5, 0.6) is 0 Å². The third-order valence-electron chi connectivity index (χ3n) is 11.1. The van der Waals surface area contributed by atoms with E-state index in [0.29, 0.717) is 0 Å². The molecule has 0 nitrogen and oxygen atoms in total. The van der Waals surface area contributed by atoms with Crippen molar-refractivity contribution in [1.82, 2.24) is 0 Å². The van der Waals surface area contributed by atoms with E-state index in [9.17, 15) is 0 Å². The first-order chi connectivity index (χ1) is 24.6. The summed E-state index contributed by atoms with van der Waals surface area (Å²) in [4.78, 5) is 9.02. The first-order valence-electron chi connectivity index (χ1n) is 20.5. The van der Waals surface area contributed by atoms with Gasteiger partial charge in [-0.3, -0.25) is 0 Å². The fourth-order valence-corrected chi connectivity index (χ4v) is 12.9. The van der Waals surface area contributed by atoms with Crippen molar-refractivity contribution in [3.05, 3.63) is 57.3 Å². The molecule has 270 valence electrons. The number of rotatable bonds is 24. The summed E-state index contributed by atoms with van der Waals surface area (Å²) in [6.45, 7) is 9.28. The van der Waals surface area contributed by atoms with Crippen LogP contribution >= 0.6 is 45.3 Å². The number of hydrogen-bond acceptors (Lipinski definition) is 4. The van der Waals surface area contributed by atoms with E-state index in [0.717, 1.165) is 0 Å². The van der Waals surface area contributed by atoms with Crippen LogP contribution < -0.4 is 0 Å². The van der Waals surface area contributed by atoms with Crippen LogP contribution in [0.15, 0.2) is 36.4 Å². The molecule has 6 rings (SSSR count). The molecule has 0 radical (unpaired) electrons. The molecule has 50 heavy (non-hydrogen) atoms. The van der Waals surface area contributed by atoms with Gasteiger partial charge in [-0.2, -0.15) is 0 Å². The maximum atomic E-state index is 2.60. The van der Waals surface area contributed by atoms with Gasteiger partial charge in [-0.25, -0.2) is 0 Å². The predicted octanol–water partition coefficient (Wildman–Crippen LogP) is 17.7. The third-order valence-corrected chi connectivity index (χ3v) is 15.9. The molecule has 4 heteroatoms. The van der Waals surface area contributed by atoms with Crippen LogP contribution in [0.25, 0.3) is 50.5 Å². The van der Waals surface area contributed by atoms with Gasteiger partial charge in [0.1, 0.15) is 0 Å². The lowest BCUT2D eigenvalue weighted by molar-refractivity contribution is 0.556. The Balaban J connectivity index is 1.14. The van der Waals surface area contributed by atoms with Gasteiger partial charge in [0.05, 0.1) is 4.88 Å². The lowest BCUT2D eigenvalue weighted by Crippen LogP contribution is -1.87. The first kappa shape index (κ1) is 38.0. The van der Waals surface area contributed by atoms with Gasteiger partial charge < -0.3 is 0 Å². The molecule has 0 saturated carbocycles. The Morgan fingerprint density at radius 1 is 0.400 bits per heavy atom. The minimum atomic E-state index is 1.20. The van der Waals surface area contributed by atoms with Gasteiger partial charge in [0.25, 0.3) is 0 Å². The normalized spacial score (nSPS) is 12.2. The maximum absolute atomic E-state index is 2.60. The second kappa shape index (κ2) is 19.4. The number of thiophene rings is 4. The second-order valence-corrected chi connectivity index (χ2v) is 19.7. The Morgan fingerprint density at radius 3 is 1.46 bits per heavy atom. The molecular weight excluding hydrogens is 681 g/mol. The summed E-state index contributed by atoms with van der Waals surface area (Å²) in [7, 11) is 0. The van der Waals surface area contributed by atoms with Gasteiger partial charge in [-0.1, -0.05) is 142 Å². The number of unbranched alkanes of at least 4 members (excludes halogenated alkanes) is 18. The highest BCUT2D eigenvalue weighted by molar-refractivity contribution is 7.29. The third kappa shape index (κ3) is 9.44. The highest BCUT2D eigenvalue weighted by Crippen LogP contribution is 2.51. The zero-order chi connectivity index (χ0) is 34.7. The van der Waals surface area contributed by atoms with Crippen molar-refractivity contribution in [2.75, 3.05) is 0 Å². The summed E-state index contributed by atoms with van der Waals surface area (Å²) in [6.07, 6.45) is 30.4. The van der Waals surface area contributed by atoms with Crippen LogP contribution in [-0.4, -0.2) is 0 Å². The summed E-state index contributed by atoms with van der Waals surface area (Å²) >= 11 is 8.12. The van der Waals surface area contributed by atoms with Crippen LogP contribution in [-0.2, 0) is 12.8 Å². The highest BCUT2D eigenvalue weighted by atomic mass is 32.1. The van der Waals surface area contributed by atoms with Crippen molar-refractivity contribution >= 4 is 76.3 Å². The van der Waals surface area contributed by atoms with Crippen LogP contribution in [0.4, 0.5) is 0 Å². The lowest BCUT2D eigenvalue weighted by Gasteiger charge is -2.05. The van der Waals surface area contributed by atoms with Crippen molar-refractivity contribution in [3.8, 4) is 19.5 Å². The first-order valence-corrected chi connectivity index (χ1v) is 23.7. The van der Waals surface area contributed by atoms with Crippen molar-refractivity contribution in [2.24, 2.45) is 0 Å². The molecule has 4 heterocycles. The number of benzene rings is 2. The van der Waals surface area contributed by atoms with Gasteiger partial charge >= 0.3 is 0 Å². The minimum absolute atomic E-state index is 1.20. The van der Waals surface area contributed by atoms with Gasteiger partial charge in [0, 0.05) is 49.9 Å². The molecule has 0 aliphatic heterocycles. The SMILES string of the molecule is CCCCCCCCCCCCc1cc(-c2cc(CCCCCCCCCCCC)c(-c3sc4ccc5c(C)sc6ccc3c4c65)s2)sc1C. The van der Waals surface area contributed by atoms with E-state index in [-0.39, 0.29) is 0 Å². The van der Waals surface area contributed by atoms with E-state index in [1.165, 1.54) is 197 Å². The average molecular weight is 743 g/mol. The quantitative estimate of drug-likeness (QED) is 0.0542. The molecule has 0 fully saturated rings. The molecule has 0 amide bonds. The Hall–Kier alpha value is -1.72. The van der Waals surface area contributed by atoms with E-state index in [1.54, 1.807) is 16.0 Å². The fraction of sp³-hybridized carbons (Fsp3) is 0.565. The largest absolute Gasteiger partial charge is 0.140 e. The number of hydrogen-bond donors (Lipinski definition) is 0. The van der Waals surface area contributed by atoms with Gasteiger partial charge in [-0.05, 0) is 80.3 Å². The minimum Gasteiger partial charge on any atom is -0.140 e. The summed E-state index contributed by atoms with van der Waals surface area (Å²) in [5.74, 6) is 0. The molecule has 0 atom stereocenters. The maximum Gasteiger partial charge on any atom is 0.0530 e. The second-order valence-electron chi connectivity index (χ2n) is 15.1. The van der Waals surface area contributed by atoms with Crippen molar-refractivity contribution in [1.29, 1.82) is 0 Å². The Labute approximate surface area is 320 Å².